The summed E-state index contributed by atoms with van der Waals surface area (Å²) in [5.41, 5.74) is 1.35. The zero-order chi connectivity index (χ0) is 19.3. The van der Waals surface area contributed by atoms with Gasteiger partial charge in [0.15, 0.2) is 5.69 Å². The van der Waals surface area contributed by atoms with Crippen LogP contribution >= 0.6 is 0 Å². The van der Waals surface area contributed by atoms with Gasteiger partial charge < -0.3 is 10.4 Å². The molecule has 0 atom stereocenters. The molecule has 0 bridgehead atoms. The van der Waals surface area contributed by atoms with Gasteiger partial charge in [0.25, 0.3) is 0 Å². The summed E-state index contributed by atoms with van der Waals surface area (Å²) in [6, 6.07) is 8.45. The predicted molar refractivity (Wildman–Crippen MR) is 94.5 cm³/mol. The fourth-order valence-electron chi connectivity index (χ4n) is 2.17. The van der Waals surface area contributed by atoms with Crippen LogP contribution in [0.2, 0.25) is 0 Å². The minimum Gasteiger partial charge on any atom is -0.476 e. The summed E-state index contributed by atoms with van der Waals surface area (Å²) >= 11 is 0. The Morgan fingerprint density at radius 3 is 2.65 bits per heavy atom. The number of amides is 1. The van der Waals surface area contributed by atoms with Gasteiger partial charge >= 0.3 is 5.97 Å². The van der Waals surface area contributed by atoms with Crippen molar-refractivity contribution < 1.29 is 23.1 Å². The summed E-state index contributed by atoms with van der Waals surface area (Å²) in [6.07, 6.45) is 1.53. The number of carboxylic acids is 1. The summed E-state index contributed by atoms with van der Waals surface area (Å²) in [5.74, 6) is -1.60. The van der Waals surface area contributed by atoms with Crippen LogP contribution in [-0.2, 0) is 21.4 Å². The minimum absolute atomic E-state index is 0.0659. The molecule has 0 unspecified atom stereocenters. The molecule has 140 valence electrons. The molecule has 10 heteroatoms. The van der Waals surface area contributed by atoms with Gasteiger partial charge in [0.2, 0.25) is 15.9 Å². The van der Waals surface area contributed by atoms with Crippen molar-refractivity contribution in [1.82, 2.24) is 19.4 Å². The van der Waals surface area contributed by atoms with Gasteiger partial charge in [-0.05, 0) is 30.7 Å². The van der Waals surface area contributed by atoms with Crippen molar-refractivity contribution in [2.24, 2.45) is 0 Å². The molecular formula is C16H20N4O5S. The maximum atomic E-state index is 11.9. The van der Waals surface area contributed by atoms with E-state index in [9.17, 15) is 18.0 Å². The van der Waals surface area contributed by atoms with Crippen molar-refractivity contribution in [1.29, 1.82) is 0 Å². The second-order valence-electron chi connectivity index (χ2n) is 5.55. The molecule has 1 aromatic carbocycles. The number of carbonyl (C=O) groups is 2. The normalized spacial score (nSPS) is 11.5. The maximum Gasteiger partial charge on any atom is 0.356 e. The molecule has 0 saturated carbocycles. The Hall–Kier alpha value is -2.72. The Kier molecular flexibility index (Phi) is 6.11. The molecule has 9 nitrogen and oxygen atoms in total. The van der Waals surface area contributed by atoms with E-state index in [0.29, 0.717) is 5.69 Å². The average Bonchev–Trinajstić information content (AvgIpc) is 3.10. The monoisotopic (exact) mass is 380 g/mol. The molecule has 0 radical (unpaired) electrons. The van der Waals surface area contributed by atoms with Crippen LogP contribution in [0.3, 0.4) is 0 Å². The first-order chi connectivity index (χ1) is 12.2. The third-order valence-corrected chi connectivity index (χ3v) is 5.49. The lowest BCUT2D eigenvalue weighted by Crippen LogP contribution is -2.38. The lowest BCUT2D eigenvalue weighted by Gasteiger charge is -2.15. The van der Waals surface area contributed by atoms with Gasteiger partial charge in [0, 0.05) is 19.8 Å². The Morgan fingerprint density at radius 1 is 1.31 bits per heavy atom. The summed E-state index contributed by atoms with van der Waals surface area (Å²) in [6.45, 7) is 1.47. The average molecular weight is 380 g/mol. The fourth-order valence-corrected chi connectivity index (χ4v) is 2.92. The van der Waals surface area contributed by atoms with Gasteiger partial charge in [-0.3, -0.25) is 4.79 Å². The first-order valence-electron chi connectivity index (χ1n) is 7.82. The van der Waals surface area contributed by atoms with Crippen LogP contribution in [0.25, 0.3) is 5.69 Å². The van der Waals surface area contributed by atoms with E-state index in [0.717, 1.165) is 9.87 Å². The zero-order valence-electron chi connectivity index (χ0n) is 14.4. The zero-order valence-corrected chi connectivity index (χ0v) is 15.2. The Morgan fingerprint density at radius 2 is 2.04 bits per heavy atom. The topological polar surface area (TPSA) is 122 Å². The van der Waals surface area contributed by atoms with Gasteiger partial charge in [-0.2, -0.15) is 9.40 Å². The van der Waals surface area contributed by atoms with Crippen molar-refractivity contribution in [3.63, 3.8) is 0 Å². The summed E-state index contributed by atoms with van der Waals surface area (Å²) in [5, 5.41) is 15.5. The van der Waals surface area contributed by atoms with Crippen molar-refractivity contribution in [3.05, 3.63) is 47.8 Å². The second kappa shape index (κ2) is 8.11. The number of sulfonamides is 1. The van der Waals surface area contributed by atoms with Crippen molar-refractivity contribution in [3.8, 4) is 5.69 Å². The van der Waals surface area contributed by atoms with Gasteiger partial charge in [0.05, 0.1) is 18.0 Å². The number of nitrogens with zero attached hydrogens (tertiary/aromatic N) is 3. The van der Waals surface area contributed by atoms with E-state index in [1.54, 1.807) is 24.3 Å². The molecule has 0 fully saturated rings. The van der Waals surface area contributed by atoms with Crippen LogP contribution in [0.1, 0.15) is 23.0 Å². The fraction of sp³-hybridized carbons (Fsp3) is 0.312. The number of aromatic carboxylic acids is 1. The standard InChI is InChI=1S/C16H20N4O5S/c1-3-26(24,25)19(2)11-15(21)17-10-12-5-4-6-13(9-12)20-8-7-14(18-20)16(22)23/h4-9H,3,10-11H2,1-2H3,(H,17,21)(H,22,23). The quantitative estimate of drug-likeness (QED) is 0.686. The smallest absolute Gasteiger partial charge is 0.356 e. The summed E-state index contributed by atoms with van der Waals surface area (Å²) in [4.78, 5) is 22.8. The number of nitrogens with one attached hydrogen (secondary N) is 1. The predicted octanol–water partition coefficient (Wildman–Crippen LogP) is 0.468. The lowest BCUT2D eigenvalue weighted by molar-refractivity contribution is -0.121. The molecule has 0 spiro atoms. The maximum absolute atomic E-state index is 11.9. The molecule has 1 amide bonds. The van der Waals surface area contributed by atoms with E-state index in [2.05, 4.69) is 10.4 Å². The molecule has 2 N–H and O–H groups in total. The highest BCUT2D eigenvalue weighted by molar-refractivity contribution is 7.89. The summed E-state index contributed by atoms with van der Waals surface area (Å²) in [7, 11) is -2.05. The number of carboxylic acid groups (broad SMARTS) is 1. The van der Waals surface area contributed by atoms with Crippen molar-refractivity contribution >= 4 is 21.9 Å². The highest BCUT2D eigenvalue weighted by atomic mass is 32.2. The molecule has 0 saturated heterocycles. The molecular weight excluding hydrogens is 360 g/mol. The van der Waals surface area contributed by atoms with Crippen LogP contribution in [0.5, 0.6) is 0 Å². The highest BCUT2D eigenvalue weighted by Crippen LogP contribution is 2.11. The number of carbonyl (C=O) groups excluding carboxylic acids is 1. The largest absolute Gasteiger partial charge is 0.476 e. The molecule has 0 aliphatic rings. The molecule has 2 aromatic rings. The number of benzene rings is 1. The third kappa shape index (κ3) is 4.90. The Balaban J connectivity index is 2.00. The van der Waals surface area contributed by atoms with Crippen LogP contribution < -0.4 is 5.32 Å². The molecule has 1 aromatic heterocycles. The van der Waals surface area contributed by atoms with Crippen LogP contribution in [0, 0.1) is 0 Å². The first kappa shape index (κ1) is 19.6. The number of aromatic nitrogens is 2. The Bertz CT molecular complexity index is 907. The number of likely N-dealkylation sites (N-methyl/N-ethyl adjacent to an activating group) is 1. The number of rotatable bonds is 8. The van der Waals surface area contributed by atoms with Crippen molar-refractivity contribution in [2.75, 3.05) is 19.3 Å². The van der Waals surface area contributed by atoms with Gasteiger partial charge in [0.1, 0.15) is 0 Å². The third-order valence-electron chi connectivity index (χ3n) is 3.68. The summed E-state index contributed by atoms with van der Waals surface area (Å²) < 4.78 is 25.7. The highest BCUT2D eigenvalue weighted by Gasteiger charge is 2.18. The van der Waals surface area contributed by atoms with Gasteiger partial charge in [-0.15, -0.1) is 0 Å². The molecule has 0 aliphatic carbocycles. The van der Waals surface area contributed by atoms with E-state index in [1.165, 1.54) is 30.9 Å². The molecule has 0 aliphatic heterocycles. The molecule has 1 heterocycles. The van der Waals surface area contributed by atoms with Crippen LogP contribution in [0.15, 0.2) is 36.5 Å². The van der Waals surface area contributed by atoms with Gasteiger partial charge in [-0.1, -0.05) is 12.1 Å². The van der Waals surface area contributed by atoms with E-state index in [4.69, 9.17) is 5.11 Å². The molecule has 26 heavy (non-hydrogen) atoms. The number of hydrogen-bond donors (Lipinski definition) is 2. The lowest BCUT2D eigenvalue weighted by atomic mass is 10.2. The van der Waals surface area contributed by atoms with Gasteiger partial charge in [-0.25, -0.2) is 17.9 Å². The van der Waals surface area contributed by atoms with E-state index >= 15 is 0 Å². The first-order valence-corrected chi connectivity index (χ1v) is 9.43. The van der Waals surface area contributed by atoms with Crippen molar-refractivity contribution in [2.45, 2.75) is 13.5 Å². The second-order valence-corrected chi connectivity index (χ2v) is 7.92. The van der Waals surface area contributed by atoms with Crippen LogP contribution in [-0.4, -0.2) is 58.8 Å². The minimum atomic E-state index is -3.41. The molecule has 2 rings (SSSR count). The van der Waals surface area contributed by atoms with E-state index < -0.39 is 21.9 Å². The van der Waals surface area contributed by atoms with Crippen LogP contribution in [0.4, 0.5) is 0 Å². The SMILES string of the molecule is CCS(=O)(=O)N(C)CC(=O)NCc1cccc(-n2ccc(C(=O)O)n2)c1. The van der Waals surface area contributed by atoms with E-state index in [1.807, 2.05) is 0 Å². The van der Waals surface area contributed by atoms with E-state index in [-0.39, 0.29) is 24.5 Å². The Labute approximate surface area is 151 Å². The number of hydrogen-bond acceptors (Lipinski definition) is 5.